The third-order valence-electron chi connectivity index (χ3n) is 2.81. The molecular formula is C15H22N4O2. The van der Waals surface area contributed by atoms with Crippen LogP contribution in [0.1, 0.15) is 31.2 Å². The van der Waals surface area contributed by atoms with E-state index in [0.29, 0.717) is 25.6 Å². The molecule has 0 aliphatic carbocycles. The van der Waals surface area contributed by atoms with Gasteiger partial charge < -0.3 is 19.8 Å². The minimum Gasteiger partial charge on any atom is -0.465 e. The lowest BCUT2D eigenvalue weighted by Gasteiger charge is -2.10. The van der Waals surface area contributed by atoms with Crippen molar-refractivity contribution in [1.82, 2.24) is 9.97 Å². The standard InChI is InChI=1S/C15H22N4O2/c1-4-16-13-8-14(19-15(18-13)10-20-5-2)17-9-12-7-6-11(3)21-12/h6-8H,4-5,9-10H2,1-3H3,(H2,16,17,18,19). The molecule has 6 nitrogen and oxygen atoms in total. The predicted molar refractivity (Wildman–Crippen MR) is 82.3 cm³/mol. The van der Waals surface area contributed by atoms with Crippen molar-refractivity contribution in [1.29, 1.82) is 0 Å². The van der Waals surface area contributed by atoms with Gasteiger partial charge in [-0.25, -0.2) is 9.97 Å². The minimum absolute atomic E-state index is 0.407. The smallest absolute Gasteiger partial charge is 0.158 e. The Balaban J connectivity index is 2.07. The highest BCUT2D eigenvalue weighted by Crippen LogP contribution is 2.14. The quantitative estimate of drug-likeness (QED) is 0.778. The van der Waals surface area contributed by atoms with Crippen molar-refractivity contribution in [2.75, 3.05) is 23.8 Å². The molecule has 0 aliphatic heterocycles. The molecule has 114 valence electrons. The van der Waals surface area contributed by atoms with Crippen molar-refractivity contribution in [3.63, 3.8) is 0 Å². The van der Waals surface area contributed by atoms with Gasteiger partial charge in [0.15, 0.2) is 5.82 Å². The van der Waals surface area contributed by atoms with Crippen LogP contribution >= 0.6 is 0 Å². The second-order valence-electron chi connectivity index (χ2n) is 4.59. The predicted octanol–water partition coefficient (Wildman–Crippen LogP) is 2.96. The molecule has 0 bridgehead atoms. The Bertz CT molecular complexity index is 569. The van der Waals surface area contributed by atoms with E-state index in [0.717, 1.165) is 29.7 Å². The Labute approximate surface area is 124 Å². The van der Waals surface area contributed by atoms with Gasteiger partial charge in [-0.1, -0.05) is 0 Å². The molecule has 0 amide bonds. The number of ether oxygens (including phenoxy) is 1. The summed E-state index contributed by atoms with van der Waals surface area (Å²) in [5.41, 5.74) is 0. The summed E-state index contributed by atoms with van der Waals surface area (Å²) in [5, 5.41) is 6.45. The second kappa shape index (κ2) is 7.64. The van der Waals surface area contributed by atoms with Crippen LogP contribution in [0.2, 0.25) is 0 Å². The number of aromatic nitrogens is 2. The van der Waals surface area contributed by atoms with E-state index in [4.69, 9.17) is 9.15 Å². The Morgan fingerprint density at radius 2 is 1.90 bits per heavy atom. The molecule has 21 heavy (non-hydrogen) atoms. The molecule has 2 rings (SSSR count). The molecule has 0 saturated carbocycles. The molecule has 0 fully saturated rings. The first-order chi connectivity index (χ1) is 10.2. The molecule has 0 spiro atoms. The van der Waals surface area contributed by atoms with Gasteiger partial charge in [-0.2, -0.15) is 0 Å². The van der Waals surface area contributed by atoms with Gasteiger partial charge in [0, 0.05) is 19.2 Å². The van der Waals surface area contributed by atoms with Gasteiger partial charge in [-0.3, -0.25) is 0 Å². The van der Waals surface area contributed by atoms with Gasteiger partial charge >= 0.3 is 0 Å². The van der Waals surface area contributed by atoms with Gasteiger partial charge in [0.25, 0.3) is 0 Å². The highest BCUT2D eigenvalue weighted by atomic mass is 16.5. The number of nitrogens with zero attached hydrogens (tertiary/aromatic N) is 2. The molecule has 0 atom stereocenters. The zero-order chi connectivity index (χ0) is 15.1. The van der Waals surface area contributed by atoms with Gasteiger partial charge in [-0.05, 0) is 32.9 Å². The van der Waals surface area contributed by atoms with Crippen molar-refractivity contribution in [2.45, 2.75) is 33.9 Å². The average molecular weight is 290 g/mol. The number of anilines is 2. The van der Waals surface area contributed by atoms with Crippen LogP contribution in [0, 0.1) is 6.92 Å². The van der Waals surface area contributed by atoms with Crippen LogP contribution in [0.4, 0.5) is 11.6 Å². The summed E-state index contributed by atoms with van der Waals surface area (Å²) in [6.07, 6.45) is 0. The number of rotatable bonds is 8. The summed E-state index contributed by atoms with van der Waals surface area (Å²) in [6.45, 7) is 8.35. The second-order valence-corrected chi connectivity index (χ2v) is 4.59. The molecule has 6 heteroatoms. The fourth-order valence-corrected chi connectivity index (χ4v) is 1.88. The van der Waals surface area contributed by atoms with E-state index in [-0.39, 0.29) is 0 Å². The Morgan fingerprint density at radius 1 is 1.14 bits per heavy atom. The molecule has 0 aromatic carbocycles. The number of aryl methyl sites for hydroxylation is 1. The first-order valence-electron chi connectivity index (χ1n) is 7.20. The highest BCUT2D eigenvalue weighted by molar-refractivity contribution is 5.47. The van der Waals surface area contributed by atoms with E-state index in [1.165, 1.54) is 0 Å². The lowest BCUT2D eigenvalue weighted by Crippen LogP contribution is -2.09. The van der Waals surface area contributed by atoms with Gasteiger partial charge in [0.1, 0.15) is 29.8 Å². The van der Waals surface area contributed by atoms with Crippen LogP contribution in [0.5, 0.6) is 0 Å². The van der Waals surface area contributed by atoms with Gasteiger partial charge in [-0.15, -0.1) is 0 Å². The zero-order valence-electron chi connectivity index (χ0n) is 12.8. The number of hydrogen-bond donors (Lipinski definition) is 2. The first-order valence-corrected chi connectivity index (χ1v) is 7.20. The summed E-state index contributed by atoms with van der Waals surface area (Å²) < 4.78 is 10.9. The van der Waals surface area contributed by atoms with E-state index in [1.807, 2.05) is 39.0 Å². The van der Waals surface area contributed by atoms with E-state index >= 15 is 0 Å². The SMILES string of the molecule is CCNc1cc(NCc2ccc(C)o2)nc(COCC)n1. The molecule has 0 unspecified atom stereocenters. The summed E-state index contributed by atoms with van der Waals surface area (Å²) in [5.74, 6) is 3.99. The Hall–Kier alpha value is -2.08. The molecule has 0 saturated heterocycles. The zero-order valence-corrected chi connectivity index (χ0v) is 12.8. The van der Waals surface area contributed by atoms with E-state index in [9.17, 15) is 0 Å². The van der Waals surface area contributed by atoms with Crippen LogP contribution in [0.15, 0.2) is 22.6 Å². The van der Waals surface area contributed by atoms with E-state index in [2.05, 4.69) is 20.6 Å². The lowest BCUT2D eigenvalue weighted by atomic mass is 10.4. The van der Waals surface area contributed by atoms with Crippen molar-refractivity contribution in [3.05, 3.63) is 35.5 Å². The molecule has 2 heterocycles. The third kappa shape index (κ3) is 4.75. The Kier molecular flexibility index (Phi) is 5.57. The first kappa shape index (κ1) is 15.3. The van der Waals surface area contributed by atoms with Crippen LogP contribution in [-0.2, 0) is 17.9 Å². The van der Waals surface area contributed by atoms with Crippen LogP contribution in [-0.4, -0.2) is 23.1 Å². The molecule has 2 N–H and O–H groups in total. The molecule has 2 aromatic heterocycles. The monoisotopic (exact) mass is 290 g/mol. The lowest BCUT2D eigenvalue weighted by molar-refractivity contribution is 0.128. The fraction of sp³-hybridized carbons (Fsp3) is 0.467. The van der Waals surface area contributed by atoms with Crippen LogP contribution in [0.3, 0.4) is 0 Å². The van der Waals surface area contributed by atoms with Crippen LogP contribution < -0.4 is 10.6 Å². The van der Waals surface area contributed by atoms with E-state index in [1.54, 1.807) is 0 Å². The minimum atomic E-state index is 0.407. The van der Waals surface area contributed by atoms with Gasteiger partial charge in [0.2, 0.25) is 0 Å². The number of furan rings is 1. The highest BCUT2D eigenvalue weighted by Gasteiger charge is 2.05. The Morgan fingerprint density at radius 3 is 2.52 bits per heavy atom. The van der Waals surface area contributed by atoms with Crippen molar-refractivity contribution < 1.29 is 9.15 Å². The molecule has 2 aromatic rings. The number of nitrogens with one attached hydrogen (secondary N) is 2. The normalized spacial score (nSPS) is 10.6. The molecule has 0 aliphatic rings. The average Bonchev–Trinajstić information content (AvgIpc) is 2.89. The molecule has 0 radical (unpaired) electrons. The largest absolute Gasteiger partial charge is 0.465 e. The fourth-order valence-electron chi connectivity index (χ4n) is 1.88. The van der Waals surface area contributed by atoms with Crippen molar-refractivity contribution >= 4 is 11.6 Å². The maximum Gasteiger partial charge on any atom is 0.158 e. The summed E-state index contributed by atoms with van der Waals surface area (Å²) in [4.78, 5) is 8.86. The van der Waals surface area contributed by atoms with E-state index < -0.39 is 0 Å². The number of hydrogen-bond acceptors (Lipinski definition) is 6. The maximum atomic E-state index is 5.53. The maximum absolute atomic E-state index is 5.53. The topological polar surface area (TPSA) is 72.2 Å². The summed E-state index contributed by atoms with van der Waals surface area (Å²) >= 11 is 0. The molecular weight excluding hydrogens is 268 g/mol. The van der Waals surface area contributed by atoms with Gasteiger partial charge in [0.05, 0.1) is 6.54 Å². The van der Waals surface area contributed by atoms with Crippen molar-refractivity contribution in [2.24, 2.45) is 0 Å². The van der Waals surface area contributed by atoms with Crippen LogP contribution in [0.25, 0.3) is 0 Å². The summed E-state index contributed by atoms with van der Waals surface area (Å²) in [7, 11) is 0. The summed E-state index contributed by atoms with van der Waals surface area (Å²) in [6, 6.07) is 5.78. The third-order valence-corrected chi connectivity index (χ3v) is 2.81. The van der Waals surface area contributed by atoms with Crippen molar-refractivity contribution in [3.8, 4) is 0 Å².